The second-order valence-corrected chi connectivity index (χ2v) is 8.47. The van der Waals surface area contributed by atoms with Crippen LogP contribution in [-0.2, 0) is 17.9 Å². The topological polar surface area (TPSA) is 84.2 Å². The number of nitrogens with zero attached hydrogens (tertiary/aromatic N) is 2. The molecule has 178 valence electrons. The lowest BCUT2D eigenvalue weighted by Crippen LogP contribution is -2.47. The number of fused-ring (bicyclic) bond motifs is 1. The van der Waals surface area contributed by atoms with E-state index in [2.05, 4.69) is 5.32 Å². The highest BCUT2D eigenvalue weighted by atomic mass is 16.7. The molecule has 0 unspecified atom stereocenters. The lowest BCUT2D eigenvalue weighted by atomic mass is 10.1. The first kappa shape index (κ1) is 23.2. The van der Waals surface area contributed by atoms with Gasteiger partial charge in [-0.25, -0.2) is 4.79 Å². The summed E-state index contributed by atoms with van der Waals surface area (Å²) in [6.45, 7) is 6.37. The molecule has 0 saturated heterocycles. The van der Waals surface area contributed by atoms with Crippen molar-refractivity contribution in [2.75, 3.05) is 18.7 Å². The Bertz CT molecular complexity index is 1140. The lowest BCUT2D eigenvalue weighted by Gasteiger charge is -2.30. The predicted octanol–water partition coefficient (Wildman–Crippen LogP) is 4.79. The molecule has 1 aliphatic rings. The Labute approximate surface area is 199 Å². The zero-order valence-corrected chi connectivity index (χ0v) is 19.6. The molecule has 2 heterocycles. The van der Waals surface area contributed by atoms with Crippen molar-refractivity contribution in [3.05, 3.63) is 77.7 Å². The number of ether oxygens (including phenoxy) is 2. The summed E-state index contributed by atoms with van der Waals surface area (Å²) in [6, 6.07) is 18.0. The quantitative estimate of drug-likeness (QED) is 0.519. The number of anilines is 1. The van der Waals surface area contributed by atoms with E-state index in [9.17, 15) is 9.59 Å². The Balaban J connectivity index is 1.51. The molecular weight excluding hydrogens is 434 g/mol. The van der Waals surface area contributed by atoms with Crippen LogP contribution >= 0.6 is 0 Å². The van der Waals surface area contributed by atoms with Gasteiger partial charge in [-0.15, -0.1) is 0 Å². The molecule has 1 aromatic heterocycles. The van der Waals surface area contributed by atoms with Crippen LogP contribution in [0.25, 0.3) is 0 Å². The van der Waals surface area contributed by atoms with Gasteiger partial charge in [0, 0.05) is 18.3 Å². The van der Waals surface area contributed by atoms with E-state index in [0.717, 1.165) is 11.3 Å². The molecule has 0 radical (unpaired) electrons. The normalized spacial score (nSPS) is 12.0. The summed E-state index contributed by atoms with van der Waals surface area (Å²) in [4.78, 5) is 29.6. The number of aryl methyl sites for hydroxylation is 1. The molecule has 2 aromatic carbocycles. The van der Waals surface area contributed by atoms with E-state index in [-0.39, 0.29) is 37.9 Å². The third-order valence-electron chi connectivity index (χ3n) is 5.52. The molecule has 0 bridgehead atoms. The molecular formula is C26H29N3O5. The fourth-order valence-electron chi connectivity index (χ4n) is 3.70. The molecule has 0 saturated carbocycles. The molecule has 34 heavy (non-hydrogen) atoms. The van der Waals surface area contributed by atoms with Crippen molar-refractivity contribution in [1.82, 2.24) is 9.80 Å². The Morgan fingerprint density at radius 3 is 2.44 bits per heavy atom. The van der Waals surface area contributed by atoms with E-state index in [4.69, 9.17) is 13.9 Å². The number of furan rings is 1. The molecule has 8 nitrogen and oxygen atoms in total. The predicted molar refractivity (Wildman–Crippen MR) is 128 cm³/mol. The van der Waals surface area contributed by atoms with E-state index in [1.807, 2.05) is 81.4 Å². The Hall–Kier alpha value is -3.94. The van der Waals surface area contributed by atoms with E-state index >= 15 is 0 Å². The van der Waals surface area contributed by atoms with Crippen LogP contribution in [0.3, 0.4) is 0 Å². The SMILES string of the molecule is Cc1ccc(CN(Cc2ccc3c(c2)OCO3)C(=O)CN(C(=O)Nc2ccccc2)C(C)C)o1. The highest BCUT2D eigenvalue weighted by Gasteiger charge is 2.25. The fourth-order valence-corrected chi connectivity index (χ4v) is 3.70. The van der Waals surface area contributed by atoms with Crippen LogP contribution in [0.5, 0.6) is 11.5 Å². The number of hydrogen-bond donors (Lipinski definition) is 1. The zero-order valence-electron chi connectivity index (χ0n) is 19.6. The van der Waals surface area contributed by atoms with Gasteiger partial charge in [-0.3, -0.25) is 4.79 Å². The monoisotopic (exact) mass is 463 g/mol. The van der Waals surface area contributed by atoms with E-state index in [0.29, 0.717) is 29.5 Å². The summed E-state index contributed by atoms with van der Waals surface area (Å²) in [5, 5.41) is 2.87. The fraction of sp³-hybridized carbons (Fsp3) is 0.308. The number of carbonyl (C=O) groups is 2. The highest BCUT2D eigenvalue weighted by Crippen LogP contribution is 2.33. The number of urea groups is 1. The second kappa shape index (κ2) is 10.3. The molecule has 3 aromatic rings. The van der Waals surface area contributed by atoms with E-state index in [1.54, 1.807) is 4.90 Å². The van der Waals surface area contributed by atoms with Gasteiger partial charge in [-0.2, -0.15) is 0 Å². The van der Waals surface area contributed by atoms with Crippen LogP contribution in [0.1, 0.15) is 30.9 Å². The zero-order chi connectivity index (χ0) is 24.1. The van der Waals surface area contributed by atoms with Crippen molar-refractivity contribution in [1.29, 1.82) is 0 Å². The van der Waals surface area contributed by atoms with Gasteiger partial charge in [0.05, 0.1) is 6.54 Å². The van der Waals surface area contributed by atoms with Gasteiger partial charge in [0.25, 0.3) is 0 Å². The molecule has 0 aliphatic carbocycles. The van der Waals surface area contributed by atoms with Crippen LogP contribution in [0, 0.1) is 6.92 Å². The first-order chi connectivity index (χ1) is 16.4. The molecule has 1 aliphatic heterocycles. The van der Waals surface area contributed by atoms with Gasteiger partial charge in [-0.1, -0.05) is 24.3 Å². The summed E-state index contributed by atoms with van der Waals surface area (Å²) < 4.78 is 16.6. The standard InChI is InChI=1S/C26H29N3O5/c1-18(2)29(26(31)27-21-7-5-4-6-8-21)16-25(30)28(15-22-11-9-19(3)34-22)14-20-10-12-23-24(13-20)33-17-32-23/h4-13,18H,14-17H2,1-3H3,(H,27,31). The number of para-hydroxylation sites is 1. The molecule has 3 amide bonds. The van der Waals surface area contributed by atoms with Gasteiger partial charge in [-0.05, 0) is 62.7 Å². The summed E-state index contributed by atoms with van der Waals surface area (Å²) in [6.07, 6.45) is 0. The number of nitrogens with one attached hydrogen (secondary N) is 1. The summed E-state index contributed by atoms with van der Waals surface area (Å²) in [7, 11) is 0. The van der Waals surface area contributed by atoms with Crippen LogP contribution < -0.4 is 14.8 Å². The first-order valence-corrected chi connectivity index (χ1v) is 11.2. The maximum Gasteiger partial charge on any atom is 0.322 e. The number of benzene rings is 2. The van der Waals surface area contributed by atoms with Gasteiger partial charge in [0.15, 0.2) is 11.5 Å². The minimum Gasteiger partial charge on any atom is -0.464 e. The van der Waals surface area contributed by atoms with Crippen LogP contribution in [0.15, 0.2) is 65.1 Å². The average molecular weight is 464 g/mol. The smallest absolute Gasteiger partial charge is 0.322 e. The van der Waals surface area contributed by atoms with Crippen molar-refractivity contribution >= 4 is 17.6 Å². The molecule has 0 spiro atoms. The van der Waals surface area contributed by atoms with Gasteiger partial charge in [0.1, 0.15) is 18.1 Å². The van der Waals surface area contributed by atoms with E-state index < -0.39 is 0 Å². The number of hydrogen-bond acceptors (Lipinski definition) is 5. The maximum atomic E-state index is 13.5. The third-order valence-corrected chi connectivity index (χ3v) is 5.52. The van der Waals surface area contributed by atoms with Crippen molar-refractivity contribution in [2.45, 2.75) is 39.9 Å². The van der Waals surface area contributed by atoms with E-state index in [1.165, 1.54) is 4.90 Å². The molecule has 4 rings (SSSR count). The van der Waals surface area contributed by atoms with Crippen molar-refractivity contribution < 1.29 is 23.5 Å². The number of rotatable bonds is 8. The third kappa shape index (κ3) is 5.70. The minimum atomic E-state index is -0.327. The minimum absolute atomic E-state index is 0.0689. The summed E-state index contributed by atoms with van der Waals surface area (Å²) >= 11 is 0. The highest BCUT2D eigenvalue weighted by molar-refractivity contribution is 5.92. The molecule has 1 N–H and O–H groups in total. The number of amides is 3. The largest absolute Gasteiger partial charge is 0.464 e. The van der Waals surface area contributed by atoms with Crippen LogP contribution in [0.2, 0.25) is 0 Å². The number of carbonyl (C=O) groups excluding carboxylic acids is 2. The lowest BCUT2D eigenvalue weighted by molar-refractivity contribution is -0.133. The van der Waals surface area contributed by atoms with Gasteiger partial charge >= 0.3 is 6.03 Å². The summed E-state index contributed by atoms with van der Waals surface area (Å²) in [5.74, 6) is 2.60. The Morgan fingerprint density at radius 1 is 0.971 bits per heavy atom. The van der Waals surface area contributed by atoms with Gasteiger partial charge < -0.3 is 29.0 Å². The second-order valence-electron chi connectivity index (χ2n) is 8.47. The Morgan fingerprint density at radius 2 is 1.74 bits per heavy atom. The summed E-state index contributed by atoms with van der Waals surface area (Å²) in [5.41, 5.74) is 1.57. The van der Waals surface area contributed by atoms with Crippen LogP contribution in [-0.4, -0.2) is 41.1 Å². The Kier molecular flexibility index (Phi) is 7.06. The average Bonchev–Trinajstić information content (AvgIpc) is 3.45. The van der Waals surface area contributed by atoms with Crippen molar-refractivity contribution in [3.8, 4) is 11.5 Å². The molecule has 8 heteroatoms. The van der Waals surface area contributed by atoms with Gasteiger partial charge in [0.2, 0.25) is 12.7 Å². The van der Waals surface area contributed by atoms with Crippen molar-refractivity contribution in [3.63, 3.8) is 0 Å². The molecule has 0 atom stereocenters. The van der Waals surface area contributed by atoms with Crippen molar-refractivity contribution in [2.24, 2.45) is 0 Å². The molecule has 0 fully saturated rings. The van der Waals surface area contributed by atoms with Crippen LogP contribution in [0.4, 0.5) is 10.5 Å². The first-order valence-electron chi connectivity index (χ1n) is 11.2. The maximum absolute atomic E-state index is 13.5.